The zero-order valence-electron chi connectivity index (χ0n) is 13.9. The van der Waals surface area contributed by atoms with Crippen molar-refractivity contribution in [1.82, 2.24) is 10.2 Å². The van der Waals surface area contributed by atoms with E-state index in [1.807, 2.05) is 44.2 Å². The van der Waals surface area contributed by atoms with Crippen molar-refractivity contribution in [3.63, 3.8) is 0 Å². The molecule has 0 bridgehead atoms. The Labute approximate surface area is 132 Å². The van der Waals surface area contributed by atoms with Gasteiger partial charge >= 0.3 is 6.03 Å². The first-order valence-electron chi connectivity index (χ1n) is 7.84. The Morgan fingerprint density at radius 1 is 1.18 bits per heavy atom. The fourth-order valence-electron chi connectivity index (χ4n) is 2.31. The zero-order valence-corrected chi connectivity index (χ0v) is 13.9. The molecule has 3 N–H and O–H groups in total. The number of urea groups is 1. The number of hydrogen-bond donors (Lipinski definition) is 2. The molecule has 1 heterocycles. The lowest BCUT2D eigenvalue weighted by atomic mass is 10.0. The smallest absolute Gasteiger partial charge is 0.325 e. The Hall–Kier alpha value is -1.88. The average Bonchev–Trinajstić information content (AvgIpc) is 2.70. The van der Waals surface area contributed by atoms with Gasteiger partial charge in [-0.25, -0.2) is 4.79 Å². The summed E-state index contributed by atoms with van der Waals surface area (Å²) in [6.45, 7) is 7.66. The number of carbonyl (C=O) groups is 2. The van der Waals surface area contributed by atoms with Crippen molar-refractivity contribution < 1.29 is 9.59 Å². The molecule has 1 saturated heterocycles. The van der Waals surface area contributed by atoms with Gasteiger partial charge in [0.15, 0.2) is 0 Å². The van der Waals surface area contributed by atoms with E-state index < -0.39 is 5.54 Å². The summed E-state index contributed by atoms with van der Waals surface area (Å²) in [5.41, 5.74) is 6.43. The van der Waals surface area contributed by atoms with Gasteiger partial charge in [-0.2, -0.15) is 0 Å². The van der Waals surface area contributed by atoms with Crippen LogP contribution in [0.2, 0.25) is 0 Å². The lowest BCUT2D eigenvalue weighted by molar-refractivity contribution is -0.130. The molecule has 5 nitrogen and oxygen atoms in total. The topological polar surface area (TPSA) is 75.4 Å². The van der Waals surface area contributed by atoms with Crippen molar-refractivity contribution in [3.05, 3.63) is 35.9 Å². The van der Waals surface area contributed by atoms with Crippen molar-refractivity contribution in [2.75, 3.05) is 6.54 Å². The van der Waals surface area contributed by atoms with Crippen molar-refractivity contribution in [3.8, 4) is 0 Å². The van der Waals surface area contributed by atoms with Gasteiger partial charge in [-0.15, -0.1) is 0 Å². The van der Waals surface area contributed by atoms with E-state index in [-0.39, 0.29) is 24.5 Å². The van der Waals surface area contributed by atoms with Crippen molar-refractivity contribution in [2.24, 2.45) is 5.73 Å². The molecular weight excluding hydrogens is 278 g/mol. The van der Waals surface area contributed by atoms with Crippen molar-refractivity contribution in [2.45, 2.75) is 52.1 Å². The maximum Gasteiger partial charge on any atom is 0.325 e. The quantitative estimate of drug-likeness (QED) is 0.820. The minimum atomic E-state index is -0.823. The number of nitrogens with zero attached hydrogens (tertiary/aromatic N) is 1. The summed E-state index contributed by atoms with van der Waals surface area (Å²) in [5.74, 6) is -0.210. The van der Waals surface area contributed by atoms with E-state index in [9.17, 15) is 9.59 Å². The number of amides is 3. The number of carbonyl (C=O) groups excluding carboxylic acids is 2. The summed E-state index contributed by atoms with van der Waals surface area (Å²) in [7, 11) is 0. The molecule has 22 heavy (non-hydrogen) atoms. The minimum absolute atomic E-state index is 0.209. The highest BCUT2D eigenvalue weighted by Crippen LogP contribution is 2.17. The second-order valence-electron chi connectivity index (χ2n) is 5.76. The lowest BCUT2D eigenvalue weighted by Crippen LogP contribution is -2.43. The highest BCUT2D eigenvalue weighted by Gasteiger charge is 2.44. The molecule has 1 atom stereocenters. The van der Waals surface area contributed by atoms with Crippen molar-refractivity contribution >= 4 is 11.9 Å². The van der Waals surface area contributed by atoms with Crippen LogP contribution in [-0.4, -0.2) is 35.0 Å². The number of nitrogens with two attached hydrogens (primary N) is 1. The van der Waals surface area contributed by atoms with Crippen LogP contribution in [0.5, 0.6) is 0 Å². The maximum atomic E-state index is 12.0. The standard InChI is InChI=1S/C15H21N3O2.C2H6/c1-15(2)13(19)18(14(20)17-15)10-12(16)9-8-11-6-4-3-5-7-11;1-2/h3-7,12H,8-10,16H2,1-2H3,(H,17,20);1-2H3. The van der Waals surface area contributed by atoms with Gasteiger partial charge in [-0.3, -0.25) is 9.69 Å². The third kappa shape index (κ3) is 4.56. The van der Waals surface area contributed by atoms with Crippen LogP contribution in [0.4, 0.5) is 4.79 Å². The lowest BCUT2D eigenvalue weighted by Gasteiger charge is -2.19. The summed E-state index contributed by atoms with van der Waals surface area (Å²) in [6, 6.07) is 9.47. The van der Waals surface area contributed by atoms with E-state index in [2.05, 4.69) is 5.32 Å². The molecule has 122 valence electrons. The summed E-state index contributed by atoms with van der Waals surface area (Å²) >= 11 is 0. The number of aryl methyl sites for hydroxylation is 1. The molecule has 1 aliphatic rings. The van der Waals surface area contributed by atoms with E-state index in [0.717, 1.165) is 12.8 Å². The second kappa shape index (κ2) is 7.94. The van der Waals surface area contributed by atoms with Crippen LogP contribution in [0.15, 0.2) is 30.3 Å². The molecule has 3 amide bonds. The van der Waals surface area contributed by atoms with Crippen LogP contribution in [0.25, 0.3) is 0 Å². The highest BCUT2D eigenvalue weighted by atomic mass is 16.2. The number of imide groups is 1. The summed E-state index contributed by atoms with van der Waals surface area (Å²) in [5, 5.41) is 2.65. The Balaban J connectivity index is 0.00000116. The summed E-state index contributed by atoms with van der Waals surface area (Å²) in [6.07, 6.45) is 1.58. The summed E-state index contributed by atoms with van der Waals surface area (Å²) < 4.78 is 0. The van der Waals surface area contributed by atoms with Gasteiger partial charge in [0.1, 0.15) is 5.54 Å². The second-order valence-corrected chi connectivity index (χ2v) is 5.76. The highest BCUT2D eigenvalue weighted by molar-refractivity contribution is 6.06. The third-order valence-corrected chi connectivity index (χ3v) is 3.51. The first-order valence-corrected chi connectivity index (χ1v) is 7.84. The zero-order chi connectivity index (χ0) is 16.8. The van der Waals surface area contributed by atoms with Crippen LogP contribution < -0.4 is 11.1 Å². The molecule has 1 aliphatic heterocycles. The largest absolute Gasteiger partial charge is 0.326 e. The molecular formula is C17H27N3O2. The third-order valence-electron chi connectivity index (χ3n) is 3.51. The van der Waals surface area contributed by atoms with Gasteiger partial charge in [-0.05, 0) is 32.3 Å². The van der Waals surface area contributed by atoms with Crippen LogP contribution >= 0.6 is 0 Å². The van der Waals surface area contributed by atoms with Crippen LogP contribution in [0.3, 0.4) is 0 Å². The summed E-state index contributed by atoms with van der Waals surface area (Å²) in [4.78, 5) is 25.0. The molecule has 2 rings (SSSR count). The predicted octanol–water partition coefficient (Wildman–Crippen LogP) is 2.30. The first-order chi connectivity index (χ1) is 10.4. The van der Waals surface area contributed by atoms with Gasteiger partial charge in [0.2, 0.25) is 0 Å². The molecule has 1 aromatic carbocycles. The fraction of sp³-hybridized carbons (Fsp3) is 0.529. The Morgan fingerprint density at radius 3 is 2.27 bits per heavy atom. The predicted molar refractivity (Wildman–Crippen MR) is 88.4 cm³/mol. The molecule has 1 fully saturated rings. The Bertz CT molecular complexity index is 500. The molecule has 0 aromatic heterocycles. The van der Waals surface area contributed by atoms with Gasteiger partial charge in [0.05, 0.1) is 0 Å². The van der Waals surface area contributed by atoms with Gasteiger partial charge in [0, 0.05) is 12.6 Å². The molecule has 1 unspecified atom stereocenters. The van der Waals surface area contributed by atoms with E-state index in [4.69, 9.17) is 5.73 Å². The molecule has 5 heteroatoms. The normalized spacial score (nSPS) is 17.6. The van der Waals surface area contributed by atoms with Gasteiger partial charge < -0.3 is 11.1 Å². The number of benzene rings is 1. The Kier molecular flexibility index (Phi) is 6.56. The molecule has 1 aromatic rings. The van der Waals surface area contributed by atoms with Crippen LogP contribution in [-0.2, 0) is 11.2 Å². The van der Waals surface area contributed by atoms with E-state index in [1.165, 1.54) is 10.5 Å². The van der Waals surface area contributed by atoms with Gasteiger partial charge in [-0.1, -0.05) is 44.2 Å². The van der Waals surface area contributed by atoms with E-state index >= 15 is 0 Å². The Morgan fingerprint density at radius 2 is 1.77 bits per heavy atom. The monoisotopic (exact) mass is 305 g/mol. The van der Waals surface area contributed by atoms with E-state index in [1.54, 1.807) is 13.8 Å². The van der Waals surface area contributed by atoms with Gasteiger partial charge in [0.25, 0.3) is 5.91 Å². The average molecular weight is 305 g/mol. The number of nitrogens with one attached hydrogen (secondary N) is 1. The number of hydrogen-bond acceptors (Lipinski definition) is 3. The maximum absolute atomic E-state index is 12.0. The van der Waals surface area contributed by atoms with Crippen LogP contribution in [0, 0.1) is 0 Å². The fourth-order valence-corrected chi connectivity index (χ4v) is 2.31. The molecule has 0 saturated carbocycles. The van der Waals surface area contributed by atoms with E-state index in [0.29, 0.717) is 0 Å². The molecule has 0 aliphatic carbocycles. The number of rotatable bonds is 5. The molecule has 0 spiro atoms. The minimum Gasteiger partial charge on any atom is -0.326 e. The van der Waals surface area contributed by atoms with Crippen molar-refractivity contribution in [1.29, 1.82) is 0 Å². The first kappa shape index (κ1) is 18.2. The van der Waals surface area contributed by atoms with Crippen LogP contribution in [0.1, 0.15) is 39.7 Å². The molecule has 0 radical (unpaired) electrons. The SMILES string of the molecule is CC.CC1(C)NC(=O)N(CC(N)CCc2ccccc2)C1=O.